The van der Waals surface area contributed by atoms with Crippen LogP contribution in [0.3, 0.4) is 0 Å². The first kappa shape index (κ1) is 16.3. The van der Waals surface area contributed by atoms with Gasteiger partial charge in [0, 0.05) is 18.7 Å². The van der Waals surface area contributed by atoms with Gasteiger partial charge in [-0.25, -0.2) is 0 Å². The summed E-state index contributed by atoms with van der Waals surface area (Å²) in [6.07, 6.45) is 1.24. The molecule has 1 unspecified atom stereocenters. The van der Waals surface area contributed by atoms with Crippen LogP contribution >= 0.6 is 0 Å². The van der Waals surface area contributed by atoms with Crippen molar-refractivity contribution in [3.63, 3.8) is 0 Å². The molecule has 116 valence electrons. The molecule has 0 radical (unpaired) electrons. The molecule has 0 heterocycles. The van der Waals surface area contributed by atoms with Crippen molar-refractivity contribution in [1.82, 2.24) is 4.90 Å². The molecule has 22 heavy (non-hydrogen) atoms. The third-order valence-corrected chi connectivity index (χ3v) is 3.44. The highest BCUT2D eigenvalue weighted by Gasteiger charge is 2.12. The first-order valence-corrected chi connectivity index (χ1v) is 7.44. The van der Waals surface area contributed by atoms with Crippen molar-refractivity contribution in [2.24, 2.45) is 0 Å². The normalized spacial score (nSPS) is 12.1. The molecule has 0 aromatic heterocycles. The molecule has 0 fully saturated rings. The van der Waals surface area contributed by atoms with E-state index in [0.29, 0.717) is 13.2 Å². The number of hydrogen-bond acceptors (Lipinski definition) is 3. The highest BCUT2D eigenvalue weighted by molar-refractivity contribution is 5.33. The van der Waals surface area contributed by atoms with Gasteiger partial charge in [0.1, 0.15) is 12.4 Å². The lowest BCUT2D eigenvalue weighted by Gasteiger charge is -2.22. The van der Waals surface area contributed by atoms with Crippen LogP contribution in [0.1, 0.15) is 17.2 Å². The molecular weight excluding hydrogens is 274 g/mol. The summed E-state index contributed by atoms with van der Waals surface area (Å²) in [5, 5.41) is 10.3. The van der Waals surface area contributed by atoms with Crippen molar-refractivity contribution in [3.8, 4) is 5.75 Å². The molecule has 1 atom stereocenters. The van der Waals surface area contributed by atoms with E-state index >= 15 is 0 Å². The number of likely N-dealkylation sites (N-methyl/N-ethyl adjacent to an activating group) is 1. The Hall–Kier alpha value is -2.10. The van der Waals surface area contributed by atoms with Gasteiger partial charge in [0.05, 0.1) is 6.10 Å². The Morgan fingerprint density at radius 3 is 2.55 bits per heavy atom. The van der Waals surface area contributed by atoms with Gasteiger partial charge < -0.3 is 9.84 Å². The lowest BCUT2D eigenvalue weighted by Crippen LogP contribution is -2.24. The average Bonchev–Trinajstić information content (AvgIpc) is 2.54. The second-order valence-electron chi connectivity index (χ2n) is 5.33. The van der Waals surface area contributed by atoms with Crippen molar-refractivity contribution in [3.05, 3.63) is 78.4 Å². The summed E-state index contributed by atoms with van der Waals surface area (Å²) in [7, 11) is 2.00. The molecule has 2 aromatic rings. The zero-order chi connectivity index (χ0) is 15.8. The molecule has 2 aromatic carbocycles. The van der Waals surface area contributed by atoms with E-state index in [0.717, 1.165) is 23.4 Å². The molecule has 0 saturated heterocycles. The maximum atomic E-state index is 10.3. The van der Waals surface area contributed by atoms with Gasteiger partial charge >= 0.3 is 0 Å². The number of aliphatic hydroxyl groups excluding tert-OH is 1. The minimum absolute atomic E-state index is 0.493. The molecule has 3 heteroatoms. The molecule has 0 aliphatic heterocycles. The van der Waals surface area contributed by atoms with Crippen LogP contribution in [0.5, 0.6) is 5.75 Å². The van der Waals surface area contributed by atoms with Crippen LogP contribution in [0.25, 0.3) is 0 Å². The van der Waals surface area contributed by atoms with E-state index < -0.39 is 6.10 Å². The Labute approximate surface area is 132 Å². The van der Waals surface area contributed by atoms with Gasteiger partial charge in [-0.05, 0) is 18.7 Å². The van der Waals surface area contributed by atoms with Gasteiger partial charge in [-0.3, -0.25) is 4.90 Å². The van der Waals surface area contributed by atoms with Gasteiger partial charge in [0.15, 0.2) is 0 Å². The summed E-state index contributed by atoms with van der Waals surface area (Å²) < 4.78 is 5.67. The molecule has 2 rings (SSSR count). The smallest absolute Gasteiger partial charge is 0.124 e. The predicted octanol–water partition coefficient (Wildman–Crippen LogP) is 3.42. The number of ether oxygens (including phenoxy) is 1. The SMILES string of the molecule is C=CCOc1ccccc1CN(C)CC(O)c1ccccc1. The number of aliphatic hydroxyl groups is 1. The van der Waals surface area contributed by atoms with E-state index in [9.17, 15) is 5.11 Å². The largest absolute Gasteiger partial charge is 0.489 e. The molecule has 0 amide bonds. The van der Waals surface area contributed by atoms with Crippen molar-refractivity contribution in [1.29, 1.82) is 0 Å². The summed E-state index contributed by atoms with van der Waals surface area (Å²) >= 11 is 0. The summed E-state index contributed by atoms with van der Waals surface area (Å²) in [6.45, 7) is 5.45. The zero-order valence-electron chi connectivity index (χ0n) is 13.0. The van der Waals surface area contributed by atoms with Crippen LogP contribution in [0.4, 0.5) is 0 Å². The molecule has 0 saturated carbocycles. The molecule has 3 nitrogen and oxygen atoms in total. The van der Waals surface area contributed by atoms with E-state index in [2.05, 4.69) is 11.5 Å². The number of benzene rings is 2. The molecule has 0 aliphatic rings. The fraction of sp³-hybridized carbons (Fsp3) is 0.263. The first-order valence-electron chi connectivity index (χ1n) is 7.44. The Morgan fingerprint density at radius 2 is 1.82 bits per heavy atom. The van der Waals surface area contributed by atoms with Crippen LogP contribution in [-0.4, -0.2) is 30.2 Å². The van der Waals surface area contributed by atoms with Crippen LogP contribution in [0.15, 0.2) is 67.3 Å². The third kappa shape index (κ3) is 4.72. The monoisotopic (exact) mass is 297 g/mol. The van der Waals surface area contributed by atoms with Crippen molar-refractivity contribution in [2.75, 3.05) is 20.2 Å². The first-order chi connectivity index (χ1) is 10.7. The fourth-order valence-corrected chi connectivity index (χ4v) is 2.36. The summed E-state index contributed by atoms with van der Waals surface area (Å²) in [5.74, 6) is 0.864. The second-order valence-corrected chi connectivity index (χ2v) is 5.33. The van der Waals surface area contributed by atoms with E-state index in [1.165, 1.54) is 0 Å². The quantitative estimate of drug-likeness (QED) is 0.758. The molecule has 1 N–H and O–H groups in total. The Morgan fingerprint density at radius 1 is 1.14 bits per heavy atom. The summed E-state index contributed by atoms with van der Waals surface area (Å²) in [6, 6.07) is 17.7. The predicted molar refractivity (Wildman–Crippen MR) is 89.9 cm³/mol. The van der Waals surface area contributed by atoms with Crippen LogP contribution < -0.4 is 4.74 Å². The molecule has 0 aliphatic carbocycles. The standard InChI is InChI=1S/C19H23NO2/c1-3-13-22-19-12-8-7-11-17(19)14-20(2)15-18(21)16-9-5-4-6-10-16/h3-12,18,21H,1,13-15H2,2H3. The van der Waals surface area contributed by atoms with Gasteiger partial charge in [0.25, 0.3) is 0 Å². The molecular formula is C19H23NO2. The zero-order valence-corrected chi connectivity index (χ0v) is 13.0. The summed E-state index contributed by atoms with van der Waals surface area (Å²) in [4.78, 5) is 2.09. The van der Waals surface area contributed by atoms with Crippen LogP contribution in [0, 0.1) is 0 Å². The maximum Gasteiger partial charge on any atom is 0.124 e. The highest BCUT2D eigenvalue weighted by atomic mass is 16.5. The lowest BCUT2D eigenvalue weighted by molar-refractivity contribution is 0.123. The Kier molecular flexibility index (Phi) is 6.19. The van der Waals surface area contributed by atoms with E-state index in [4.69, 9.17) is 4.74 Å². The van der Waals surface area contributed by atoms with Crippen molar-refractivity contribution < 1.29 is 9.84 Å². The minimum Gasteiger partial charge on any atom is -0.489 e. The minimum atomic E-state index is -0.493. The van der Waals surface area contributed by atoms with Crippen LogP contribution in [0.2, 0.25) is 0 Å². The topological polar surface area (TPSA) is 32.7 Å². The van der Waals surface area contributed by atoms with Gasteiger partial charge in [-0.15, -0.1) is 0 Å². The van der Waals surface area contributed by atoms with Crippen molar-refractivity contribution >= 4 is 0 Å². The van der Waals surface area contributed by atoms with Gasteiger partial charge in [-0.1, -0.05) is 61.2 Å². The van der Waals surface area contributed by atoms with Gasteiger partial charge in [-0.2, -0.15) is 0 Å². The Balaban J connectivity index is 1.97. The number of para-hydroxylation sites is 1. The van der Waals surface area contributed by atoms with E-state index in [-0.39, 0.29) is 0 Å². The van der Waals surface area contributed by atoms with E-state index in [1.807, 2.05) is 61.6 Å². The third-order valence-electron chi connectivity index (χ3n) is 3.44. The average molecular weight is 297 g/mol. The fourth-order valence-electron chi connectivity index (χ4n) is 2.36. The molecule has 0 bridgehead atoms. The number of hydrogen-bond donors (Lipinski definition) is 1. The Bertz CT molecular complexity index is 583. The lowest BCUT2D eigenvalue weighted by atomic mass is 10.1. The van der Waals surface area contributed by atoms with E-state index in [1.54, 1.807) is 6.08 Å². The number of rotatable bonds is 8. The van der Waals surface area contributed by atoms with Crippen LogP contribution in [-0.2, 0) is 6.54 Å². The summed E-state index contributed by atoms with van der Waals surface area (Å²) in [5.41, 5.74) is 2.04. The maximum absolute atomic E-state index is 10.3. The molecule has 0 spiro atoms. The highest BCUT2D eigenvalue weighted by Crippen LogP contribution is 2.21. The van der Waals surface area contributed by atoms with Gasteiger partial charge in [0.2, 0.25) is 0 Å². The number of nitrogens with zero attached hydrogens (tertiary/aromatic N) is 1. The van der Waals surface area contributed by atoms with Crippen molar-refractivity contribution in [2.45, 2.75) is 12.6 Å². The second kappa shape index (κ2) is 8.37.